The van der Waals surface area contributed by atoms with Gasteiger partial charge in [0.1, 0.15) is 6.10 Å². The second kappa shape index (κ2) is 6.36. The first kappa shape index (κ1) is 14.5. The highest BCUT2D eigenvalue weighted by molar-refractivity contribution is 6.32. The third kappa shape index (κ3) is 3.68. The summed E-state index contributed by atoms with van der Waals surface area (Å²) >= 11 is 6.06. The van der Waals surface area contributed by atoms with Crippen LogP contribution in [0.15, 0.2) is 12.1 Å². The van der Waals surface area contributed by atoms with E-state index in [2.05, 4.69) is 5.32 Å². The van der Waals surface area contributed by atoms with Crippen molar-refractivity contribution in [2.24, 2.45) is 0 Å². The maximum atomic E-state index is 10.0. The Labute approximate surface area is 107 Å². The predicted molar refractivity (Wildman–Crippen MR) is 70.4 cm³/mol. The summed E-state index contributed by atoms with van der Waals surface area (Å²) in [4.78, 5) is 0. The molecule has 0 saturated heterocycles. The highest BCUT2D eigenvalue weighted by Crippen LogP contribution is 2.27. The largest absolute Gasteiger partial charge is 0.390 e. The number of hydrogen-bond acceptors (Lipinski definition) is 3. The van der Waals surface area contributed by atoms with Crippen molar-refractivity contribution in [1.29, 1.82) is 0 Å². The molecule has 0 aliphatic carbocycles. The molecule has 1 rings (SSSR count). The quantitative estimate of drug-likeness (QED) is 0.756. The van der Waals surface area contributed by atoms with Gasteiger partial charge in [-0.1, -0.05) is 23.7 Å². The minimum absolute atomic E-state index is 0.512. The van der Waals surface area contributed by atoms with Crippen LogP contribution in [0.25, 0.3) is 0 Å². The molecule has 0 bridgehead atoms. The van der Waals surface area contributed by atoms with E-state index in [0.717, 1.165) is 11.1 Å². The molecule has 0 radical (unpaired) electrons. The summed E-state index contributed by atoms with van der Waals surface area (Å²) in [5, 5.41) is 23.5. The zero-order valence-corrected chi connectivity index (χ0v) is 11.3. The second-order valence-corrected chi connectivity index (χ2v) is 4.75. The van der Waals surface area contributed by atoms with Gasteiger partial charge in [-0.25, -0.2) is 0 Å². The molecule has 0 aliphatic heterocycles. The molecule has 0 fully saturated rings. The summed E-state index contributed by atoms with van der Waals surface area (Å²) < 4.78 is 0. The predicted octanol–water partition coefficient (Wildman–Crippen LogP) is 1.96. The van der Waals surface area contributed by atoms with E-state index in [-0.39, 0.29) is 0 Å². The zero-order valence-electron chi connectivity index (χ0n) is 10.5. The monoisotopic (exact) mass is 257 g/mol. The Morgan fingerprint density at radius 3 is 2.24 bits per heavy atom. The third-order valence-electron chi connectivity index (χ3n) is 2.85. The van der Waals surface area contributed by atoms with Crippen LogP contribution in [0.2, 0.25) is 5.02 Å². The Hall–Kier alpha value is -0.610. The van der Waals surface area contributed by atoms with Gasteiger partial charge in [0, 0.05) is 5.02 Å². The lowest BCUT2D eigenvalue weighted by Gasteiger charge is -2.19. The number of benzene rings is 1. The minimum atomic E-state index is -0.863. The number of aryl methyl sites for hydroxylation is 2. The second-order valence-electron chi connectivity index (χ2n) is 4.37. The normalized spacial score (nSPS) is 14.7. The number of halogens is 1. The van der Waals surface area contributed by atoms with Crippen molar-refractivity contribution in [3.8, 4) is 0 Å². The van der Waals surface area contributed by atoms with E-state index in [0.29, 0.717) is 23.6 Å². The third-order valence-corrected chi connectivity index (χ3v) is 3.45. The summed E-state index contributed by atoms with van der Waals surface area (Å²) in [6, 6.07) is 3.64. The van der Waals surface area contributed by atoms with Crippen LogP contribution >= 0.6 is 11.6 Å². The Balaban J connectivity index is 2.85. The molecule has 0 saturated carbocycles. The number of aliphatic hydroxyl groups excluding tert-OH is 2. The van der Waals surface area contributed by atoms with E-state index < -0.39 is 12.2 Å². The molecule has 96 valence electrons. The number of nitrogens with one attached hydrogen (secondary N) is 1. The van der Waals surface area contributed by atoms with Crippen molar-refractivity contribution in [3.63, 3.8) is 0 Å². The highest BCUT2D eigenvalue weighted by atomic mass is 35.5. The van der Waals surface area contributed by atoms with E-state index in [1.165, 1.54) is 0 Å². The van der Waals surface area contributed by atoms with Crippen LogP contribution in [0, 0.1) is 13.8 Å². The number of aliphatic hydroxyl groups is 2. The Morgan fingerprint density at radius 1 is 1.24 bits per heavy atom. The Kier molecular flexibility index (Phi) is 5.40. The topological polar surface area (TPSA) is 52.5 Å². The first-order chi connectivity index (χ1) is 7.97. The van der Waals surface area contributed by atoms with Gasteiger partial charge in [-0.05, 0) is 50.6 Å². The van der Waals surface area contributed by atoms with Gasteiger partial charge < -0.3 is 15.5 Å². The summed E-state index contributed by atoms with van der Waals surface area (Å²) in [5.41, 5.74) is 2.55. The molecule has 0 heterocycles. The SMILES string of the molecule is CNCCC(O)C(O)c1cc(C)c(Cl)c(C)c1. The molecule has 0 aliphatic rings. The first-order valence-corrected chi connectivity index (χ1v) is 6.12. The number of rotatable bonds is 5. The Bertz CT molecular complexity index is 359. The van der Waals surface area contributed by atoms with Crippen LogP contribution in [0.4, 0.5) is 0 Å². The molecule has 1 aromatic rings. The van der Waals surface area contributed by atoms with Crippen LogP contribution in [0.1, 0.15) is 29.2 Å². The van der Waals surface area contributed by atoms with Crippen molar-refractivity contribution in [2.45, 2.75) is 32.5 Å². The van der Waals surface area contributed by atoms with E-state index in [4.69, 9.17) is 11.6 Å². The van der Waals surface area contributed by atoms with Gasteiger partial charge in [0.05, 0.1) is 6.10 Å². The average Bonchev–Trinajstić information content (AvgIpc) is 2.31. The van der Waals surface area contributed by atoms with Crippen LogP contribution in [0.5, 0.6) is 0 Å². The fraction of sp³-hybridized carbons (Fsp3) is 0.538. The van der Waals surface area contributed by atoms with Gasteiger partial charge >= 0.3 is 0 Å². The molecular weight excluding hydrogens is 238 g/mol. The lowest BCUT2D eigenvalue weighted by atomic mass is 9.98. The van der Waals surface area contributed by atoms with Crippen LogP contribution < -0.4 is 5.32 Å². The number of hydrogen-bond donors (Lipinski definition) is 3. The maximum Gasteiger partial charge on any atom is 0.105 e. The van der Waals surface area contributed by atoms with E-state index in [9.17, 15) is 10.2 Å². The summed E-state index contributed by atoms with van der Waals surface area (Å²) in [7, 11) is 1.82. The van der Waals surface area contributed by atoms with Crippen molar-refractivity contribution in [2.75, 3.05) is 13.6 Å². The lowest BCUT2D eigenvalue weighted by Crippen LogP contribution is -2.23. The van der Waals surface area contributed by atoms with Gasteiger partial charge in [-0.2, -0.15) is 0 Å². The zero-order chi connectivity index (χ0) is 13.0. The molecule has 3 N–H and O–H groups in total. The molecule has 1 aromatic carbocycles. The fourth-order valence-electron chi connectivity index (χ4n) is 1.82. The van der Waals surface area contributed by atoms with Crippen LogP contribution in [0.3, 0.4) is 0 Å². The maximum absolute atomic E-state index is 10.0. The van der Waals surface area contributed by atoms with Gasteiger partial charge in [0.15, 0.2) is 0 Å². The van der Waals surface area contributed by atoms with Gasteiger partial charge in [-0.3, -0.25) is 0 Å². The van der Waals surface area contributed by atoms with Crippen LogP contribution in [-0.4, -0.2) is 29.9 Å². The lowest BCUT2D eigenvalue weighted by molar-refractivity contribution is 0.0140. The molecule has 0 spiro atoms. The molecule has 2 unspecified atom stereocenters. The van der Waals surface area contributed by atoms with E-state index in [1.807, 2.05) is 33.0 Å². The average molecular weight is 258 g/mol. The summed E-state index contributed by atoms with van der Waals surface area (Å²) in [5.74, 6) is 0. The van der Waals surface area contributed by atoms with Crippen molar-refractivity contribution < 1.29 is 10.2 Å². The van der Waals surface area contributed by atoms with E-state index >= 15 is 0 Å². The van der Waals surface area contributed by atoms with Crippen molar-refractivity contribution in [1.82, 2.24) is 5.32 Å². The molecule has 17 heavy (non-hydrogen) atoms. The molecular formula is C13H20ClNO2. The smallest absolute Gasteiger partial charge is 0.105 e. The van der Waals surface area contributed by atoms with Gasteiger partial charge in [-0.15, -0.1) is 0 Å². The molecule has 4 heteroatoms. The minimum Gasteiger partial charge on any atom is -0.390 e. The van der Waals surface area contributed by atoms with E-state index in [1.54, 1.807) is 0 Å². The first-order valence-electron chi connectivity index (χ1n) is 5.74. The van der Waals surface area contributed by atoms with Gasteiger partial charge in [0.25, 0.3) is 0 Å². The fourth-order valence-corrected chi connectivity index (χ4v) is 1.93. The summed E-state index contributed by atoms with van der Waals surface area (Å²) in [6.45, 7) is 4.46. The van der Waals surface area contributed by atoms with Crippen LogP contribution in [-0.2, 0) is 0 Å². The Morgan fingerprint density at radius 2 is 1.76 bits per heavy atom. The highest BCUT2D eigenvalue weighted by Gasteiger charge is 2.19. The molecule has 0 aromatic heterocycles. The molecule has 2 atom stereocenters. The van der Waals surface area contributed by atoms with Gasteiger partial charge in [0.2, 0.25) is 0 Å². The standard InChI is InChI=1S/C13H20ClNO2/c1-8-6-10(7-9(2)12(8)14)13(17)11(16)4-5-15-3/h6-7,11,13,15-17H,4-5H2,1-3H3. The van der Waals surface area contributed by atoms with Crippen molar-refractivity contribution in [3.05, 3.63) is 33.8 Å². The molecule has 0 amide bonds. The van der Waals surface area contributed by atoms with Crippen molar-refractivity contribution >= 4 is 11.6 Å². The molecule has 3 nitrogen and oxygen atoms in total. The summed E-state index contributed by atoms with van der Waals surface area (Å²) in [6.07, 6.45) is -1.11.